The molecular weight excluding hydrogens is 498 g/mol. The third-order valence-corrected chi connectivity index (χ3v) is 6.98. The molecule has 176 valence electrons. The van der Waals surface area contributed by atoms with Gasteiger partial charge in [0.15, 0.2) is 5.82 Å². The van der Waals surface area contributed by atoms with Gasteiger partial charge >= 0.3 is 6.09 Å². The zero-order valence-electron chi connectivity index (χ0n) is 19.1. The number of piperidine rings is 1. The minimum Gasteiger partial charge on any atom is -0.445 e. The Morgan fingerprint density at radius 1 is 1.18 bits per heavy atom. The smallest absolute Gasteiger partial charge is 0.404 e. The molecular formula is C25H26BrN5O3. The highest BCUT2D eigenvalue weighted by Crippen LogP contribution is 2.32. The highest BCUT2D eigenvalue weighted by Gasteiger charge is 2.27. The van der Waals surface area contributed by atoms with Crippen molar-refractivity contribution in [1.29, 1.82) is 0 Å². The first-order valence-electron chi connectivity index (χ1n) is 11.4. The van der Waals surface area contributed by atoms with Crippen molar-refractivity contribution in [2.24, 2.45) is 12.8 Å². The van der Waals surface area contributed by atoms with Crippen LogP contribution in [-0.2, 0) is 18.3 Å². The van der Waals surface area contributed by atoms with Crippen LogP contribution in [0.1, 0.15) is 30.1 Å². The highest BCUT2D eigenvalue weighted by molar-refractivity contribution is 9.10. The minimum absolute atomic E-state index is 0.0978. The number of benzene rings is 2. The van der Waals surface area contributed by atoms with Gasteiger partial charge in [0, 0.05) is 41.1 Å². The van der Waals surface area contributed by atoms with Crippen LogP contribution >= 0.6 is 15.9 Å². The summed E-state index contributed by atoms with van der Waals surface area (Å²) in [5.41, 5.74) is 9.62. The average molecular weight is 524 g/mol. The van der Waals surface area contributed by atoms with Crippen molar-refractivity contribution >= 4 is 49.9 Å². The van der Waals surface area contributed by atoms with Crippen LogP contribution in [0.5, 0.6) is 0 Å². The molecule has 2 aromatic heterocycles. The van der Waals surface area contributed by atoms with Gasteiger partial charge in [-0.15, -0.1) is 0 Å². The number of halogens is 1. The van der Waals surface area contributed by atoms with Gasteiger partial charge in [-0.25, -0.2) is 9.78 Å². The number of nitrogens with zero attached hydrogens (tertiary/aromatic N) is 4. The number of imidazole rings is 1. The van der Waals surface area contributed by atoms with E-state index in [1.54, 1.807) is 4.90 Å². The molecule has 1 unspecified atom stereocenters. The summed E-state index contributed by atoms with van der Waals surface area (Å²) in [7, 11) is 2.00. The molecule has 0 aliphatic carbocycles. The zero-order valence-corrected chi connectivity index (χ0v) is 20.7. The number of aryl methyl sites for hydroxylation is 2. The van der Waals surface area contributed by atoms with E-state index in [2.05, 4.69) is 50.2 Å². The Morgan fingerprint density at radius 2 is 2.00 bits per heavy atom. The summed E-state index contributed by atoms with van der Waals surface area (Å²) in [6.45, 7) is 3.90. The lowest BCUT2D eigenvalue weighted by molar-refractivity contribution is 0.0373. The largest absolute Gasteiger partial charge is 0.445 e. The van der Waals surface area contributed by atoms with Crippen molar-refractivity contribution in [1.82, 2.24) is 19.0 Å². The Kier molecular flexibility index (Phi) is 5.81. The van der Waals surface area contributed by atoms with Crippen LogP contribution < -0.4 is 5.73 Å². The molecule has 0 spiro atoms. The van der Waals surface area contributed by atoms with Gasteiger partial charge in [0.2, 0.25) is 0 Å². The number of likely N-dealkylation sites (tertiary alicyclic amines) is 1. The van der Waals surface area contributed by atoms with E-state index in [9.17, 15) is 9.59 Å². The highest BCUT2D eigenvalue weighted by atomic mass is 79.9. The molecule has 1 saturated heterocycles. The van der Waals surface area contributed by atoms with Crippen LogP contribution in [-0.4, -0.2) is 50.2 Å². The quantitative estimate of drug-likeness (QED) is 0.420. The van der Waals surface area contributed by atoms with Crippen LogP contribution in [0.25, 0.3) is 33.5 Å². The fraction of sp³-hybridized carbons (Fsp3) is 0.320. The number of nitrogens with two attached hydrogens (primary N) is 1. The maximum absolute atomic E-state index is 13.2. The van der Waals surface area contributed by atoms with E-state index in [0.717, 1.165) is 50.9 Å². The van der Waals surface area contributed by atoms with Crippen LogP contribution in [0, 0.1) is 0 Å². The van der Waals surface area contributed by atoms with Crippen molar-refractivity contribution in [2.75, 3.05) is 13.1 Å². The second kappa shape index (κ2) is 8.79. The van der Waals surface area contributed by atoms with E-state index >= 15 is 0 Å². The Bertz CT molecular complexity index is 1420. The standard InChI is InChI=1S/C25H26BrN5O3/c1-3-31-21-13-17(26)8-6-15(21)12-22(31)23-28-19-11-16(7-9-20(19)29(23)2)24(32)30-10-4-5-18(14-30)34-25(27)33/h6-9,11-13,18H,3-5,10,14H2,1-2H3,(H2,27,33). The molecule has 2 aromatic carbocycles. The lowest BCUT2D eigenvalue weighted by Crippen LogP contribution is -2.44. The summed E-state index contributed by atoms with van der Waals surface area (Å²) in [6, 6.07) is 14.0. The van der Waals surface area contributed by atoms with Crippen molar-refractivity contribution in [2.45, 2.75) is 32.4 Å². The molecule has 0 radical (unpaired) electrons. The number of fused-ring (bicyclic) bond motifs is 2. The van der Waals surface area contributed by atoms with Crippen molar-refractivity contribution < 1.29 is 14.3 Å². The number of hydrogen-bond donors (Lipinski definition) is 1. The van der Waals surface area contributed by atoms with E-state index < -0.39 is 6.09 Å². The van der Waals surface area contributed by atoms with Gasteiger partial charge in [-0.3, -0.25) is 4.79 Å². The molecule has 0 saturated carbocycles. The first-order chi connectivity index (χ1) is 16.4. The maximum Gasteiger partial charge on any atom is 0.404 e. The molecule has 1 aliphatic rings. The first kappa shape index (κ1) is 22.5. The lowest BCUT2D eigenvalue weighted by Gasteiger charge is -2.32. The molecule has 1 aliphatic heterocycles. The van der Waals surface area contributed by atoms with Gasteiger partial charge in [0.25, 0.3) is 5.91 Å². The number of carbonyl (C=O) groups is 2. The summed E-state index contributed by atoms with van der Waals surface area (Å²) in [5.74, 6) is 0.751. The fourth-order valence-electron chi connectivity index (χ4n) is 4.88. The molecule has 2 amide bonds. The molecule has 1 fully saturated rings. The van der Waals surface area contributed by atoms with E-state index in [0.29, 0.717) is 25.1 Å². The van der Waals surface area contributed by atoms with Crippen molar-refractivity contribution in [3.8, 4) is 11.5 Å². The third-order valence-electron chi connectivity index (χ3n) is 6.49. The van der Waals surface area contributed by atoms with Gasteiger partial charge in [0.1, 0.15) is 6.10 Å². The molecule has 0 bridgehead atoms. The lowest BCUT2D eigenvalue weighted by atomic mass is 10.1. The van der Waals surface area contributed by atoms with Gasteiger partial charge in [0.05, 0.1) is 23.3 Å². The van der Waals surface area contributed by atoms with Gasteiger partial charge in [-0.05, 0) is 56.2 Å². The number of carbonyl (C=O) groups excluding carboxylic acids is 2. The van der Waals surface area contributed by atoms with E-state index in [1.165, 1.54) is 0 Å². The molecule has 3 heterocycles. The van der Waals surface area contributed by atoms with Crippen LogP contribution in [0.15, 0.2) is 46.9 Å². The molecule has 34 heavy (non-hydrogen) atoms. The van der Waals surface area contributed by atoms with E-state index in [-0.39, 0.29) is 12.0 Å². The number of hydrogen-bond acceptors (Lipinski definition) is 4. The number of primary amides is 1. The summed E-state index contributed by atoms with van der Waals surface area (Å²) in [4.78, 5) is 31.0. The molecule has 1 atom stereocenters. The molecule has 8 nitrogen and oxygen atoms in total. The SMILES string of the molecule is CCn1c(-c2nc3cc(C(=O)N4CCCC(OC(N)=O)C4)ccc3n2C)cc2ccc(Br)cc21. The van der Waals surface area contributed by atoms with Crippen LogP contribution in [0.3, 0.4) is 0 Å². The predicted molar refractivity (Wildman–Crippen MR) is 135 cm³/mol. The maximum atomic E-state index is 13.2. The van der Waals surface area contributed by atoms with Gasteiger partial charge in [-0.2, -0.15) is 0 Å². The summed E-state index contributed by atoms with van der Waals surface area (Å²) >= 11 is 3.57. The van der Waals surface area contributed by atoms with Crippen LogP contribution in [0.4, 0.5) is 4.79 Å². The average Bonchev–Trinajstić information content (AvgIpc) is 3.34. The topological polar surface area (TPSA) is 95.4 Å². The number of aromatic nitrogens is 3. The first-order valence-corrected chi connectivity index (χ1v) is 12.2. The Labute approximate surface area is 205 Å². The molecule has 2 N–H and O–H groups in total. The number of rotatable bonds is 4. The number of ether oxygens (including phenoxy) is 1. The summed E-state index contributed by atoms with van der Waals surface area (Å²) < 4.78 is 10.5. The van der Waals surface area contributed by atoms with Crippen LogP contribution in [0.2, 0.25) is 0 Å². The zero-order chi connectivity index (χ0) is 24.0. The third kappa shape index (κ3) is 3.94. The van der Waals surface area contributed by atoms with Crippen molar-refractivity contribution in [3.63, 3.8) is 0 Å². The predicted octanol–water partition coefficient (Wildman–Crippen LogP) is 4.68. The minimum atomic E-state index is -0.807. The fourth-order valence-corrected chi connectivity index (χ4v) is 5.23. The normalized spacial score (nSPS) is 16.3. The second-order valence-electron chi connectivity index (χ2n) is 8.63. The second-order valence-corrected chi connectivity index (χ2v) is 9.54. The Balaban J connectivity index is 1.50. The van der Waals surface area contributed by atoms with Gasteiger partial charge in [-0.1, -0.05) is 22.0 Å². The van der Waals surface area contributed by atoms with E-state index in [1.807, 2.05) is 31.3 Å². The molecule has 4 aromatic rings. The monoisotopic (exact) mass is 523 g/mol. The number of amides is 2. The molecule has 5 rings (SSSR count). The van der Waals surface area contributed by atoms with Crippen molar-refractivity contribution in [3.05, 3.63) is 52.5 Å². The Hall–Kier alpha value is -3.33. The molecule has 9 heteroatoms. The summed E-state index contributed by atoms with van der Waals surface area (Å²) in [5, 5.41) is 1.15. The summed E-state index contributed by atoms with van der Waals surface area (Å²) in [6.07, 6.45) is 0.296. The van der Waals surface area contributed by atoms with Gasteiger partial charge < -0.3 is 24.5 Å². The van der Waals surface area contributed by atoms with E-state index in [4.69, 9.17) is 15.5 Å². The Morgan fingerprint density at radius 3 is 2.76 bits per heavy atom.